The molecule has 1 saturated heterocycles. The van der Waals surface area contributed by atoms with E-state index in [1.807, 2.05) is 0 Å². The number of rotatable bonds is 4. The second-order valence-electron chi connectivity index (χ2n) is 5.87. The van der Waals surface area contributed by atoms with Crippen molar-refractivity contribution in [3.63, 3.8) is 0 Å². The molecule has 5 heteroatoms. The highest BCUT2D eigenvalue weighted by Crippen LogP contribution is 2.25. The van der Waals surface area contributed by atoms with Gasteiger partial charge in [0, 0.05) is 19.1 Å². The van der Waals surface area contributed by atoms with Gasteiger partial charge in [0.25, 0.3) is 0 Å². The topological polar surface area (TPSA) is 36.9 Å². The highest BCUT2D eigenvalue weighted by Gasteiger charge is 2.21. The molecule has 2 heterocycles. The maximum absolute atomic E-state index is 5.34. The lowest BCUT2D eigenvalue weighted by Crippen LogP contribution is -2.28. The number of nitrogens with zero attached hydrogens (tertiary/aromatic N) is 3. The van der Waals surface area contributed by atoms with Crippen LogP contribution in [0.4, 0.5) is 5.95 Å². The summed E-state index contributed by atoms with van der Waals surface area (Å²) in [6.45, 7) is 8.81. The zero-order chi connectivity index (χ0) is 13.8. The van der Waals surface area contributed by atoms with Crippen molar-refractivity contribution in [2.45, 2.75) is 58.9 Å². The van der Waals surface area contributed by atoms with Gasteiger partial charge in [-0.2, -0.15) is 0 Å². The SMILES string of the molecule is CCCC1CCCN(c2n[nH]c(=S)n2C(C)C)CC1. The van der Waals surface area contributed by atoms with Crippen molar-refractivity contribution < 1.29 is 0 Å². The van der Waals surface area contributed by atoms with Crippen LogP contribution < -0.4 is 4.90 Å². The third kappa shape index (κ3) is 3.38. The van der Waals surface area contributed by atoms with Crippen molar-refractivity contribution in [1.82, 2.24) is 14.8 Å². The third-order valence-electron chi connectivity index (χ3n) is 4.03. The average molecular weight is 282 g/mol. The second kappa shape index (κ2) is 6.55. The lowest BCUT2D eigenvalue weighted by molar-refractivity contribution is 0.435. The zero-order valence-electron chi connectivity index (χ0n) is 12.4. The maximum Gasteiger partial charge on any atom is 0.225 e. The maximum atomic E-state index is 5.34. The van der Waals surface area contributed by atoms with E-state index >= 15 is 0 Å². The largest absolute Gasteiger partial charge is 0.341 e. The van der Waals surface area contributed by atoms with Gasteiger partial charge in [0.15, 0.2) is 4.77 Å². The molecular formula is C14H26N4S. The van der Waals surface area contributed by atoms with Crippen LogP contribution in [0.25, 0.3) is 0 Å². The number of aromatic amines is 1. The monoisotopic (exact) mass is 282 g/mol. The minimum atomic E-state index is 0.357. The molecule has 19 heavy (non-hydrogen) atoms. The van der Waals surface area contributed by atoms with Gasteiger partial charge in [0.1, 0.15) is 0 Å². The fraction of sp³-hybridized carbons (Fsp3) is 0.857. The van der Waals surface area contributed by atoms with Gasteiger partial charge in [0.2, 0.25) is 5.95 Å². The zero-order valence-corrected chi connectivity index (χ0v) is 13.2. The Balaban J connectivity index is 2.12. The van der Waals surface area contributed by atoms with E-state index in [-0.39, 0.29) is 0 Å². The summed E-state index contributed by atoms with van der Waals surface area (Å²) in [5.41, 5.74) is 0. The quantitative estimate of drug-likeness (QED) is 0.850. The molecule has 2 rings (SSSR count). The Morgan fingerprint density at radius 2 is 2.16 bits per heavy atom. The summed E-state index contributed by atoms with van der Waals surface area (Å²) in [5, 5.41) is 7.39. The summed E-state index contributed by atoms with van der Waals surface area (Å²) in [7, 11) is 0. The van der Waals surface area contributed by atoms with Gasteiger partial charge in [0.05, 0.1) is 0 Å². The number of nitrogens with one attached hydrogen (secondary N) is 1. The molecule has 108 valence electrons. The molecule has 1 aromatic rings. The van der Waals surface area contributed by atoms with E-state index in [0.717, 1.165) is 29.7 Å². The molecule has 0 aliphatic carbocycles. The summed E-state index contributed by atoms with van der Waals surface area (Å²) in [5.74, 6) is 1.92. The first-order valence-corrected chi connectivity index (χ1v) is 7.96. The molecule has 1 aromatic heterocycles. The van der Waals surface area contributed by atoms with Crippen LogP contribution in [-0.2, 0) is 0 Å². The molecule has 0 spiro atoms. The van der Waals surface area contributed by atoms with Crippen molar-refractivity contribution in [1.29, 1.82) is 0 Å². The number of hydrogen-bond acceptors (Lipinski definition) is 3. The van der Waals surface area contributed by atoms with Crippen LogP contribution in [0.5, 0.6) is 0 Å². The van der Waals surface area contributed by atoms with Crippen molar-refractivity contribution in [2.75, 3.05) is 18.0 Å². The molecule has 4 nitrogen and oxygen atoms in total. The first-order valence-electron chi connectivity index (χ1n) is 7.55. The summed E-state index contributed by atoms with van der Waals surface area (Å²) in [6.07, 6.45) is 6.57. The lowest BCUT2D eigenvalue weighted by atomic mass is 9.96. The normalized spacial score (nSPS) is 20.8. The number of anilines is 1. The number of aromatic nitrogens is 3. The van der Waals surface area contributed by atoms with Crippen LogP contribution in [0, 0.1) is 10.7 Å². The van der Waals surface area contributed by atoms with Gasteiger partial charge in [-0.1, -0.05) is 19.8 Å². The van der Waals surface area contributed by atoms with Crippen molar-refractivity contribution in [2.24, 2.45) is 5.92 Å². The van der Waals surface area contributed by atoms with Gasteiger partial charge in [-0.25, -0.2) is 5.10 Å². The van der Waals surface area contributed by atoms with Crippen LogP contribution in [-0.4, -0.2) is 27.9 Å². The molecular weight excluding hydrogens is 256 g/mol. The second-order valence-corrected chi connectivity index (χ2v) is 6.25. The van der Waals surface area contributed by atoms with Gasteiger partial charge in [-0.05, 0) is 51.2 Å². The van der Waals surface area contributed by atoms with Crippen LogP contribution in [0.2, 0.25) is 0 Å². The Hall–Kier alpha value is -0.840. The van der Waals surface area contributed by atoms with Gasteiger partial charge in [-0.15, -0.1) is 5.10 Å². The molecule has 1 N–H and O–H groups in total. The first kappa shape index (κ1) is 14.6. The van der Waals surface area contributed by atoms with Crippen molar-refractivity contribution >= 4 is 18.2 Å². The Kier molecular flexibility index (Phi) is 5.02. The van der Waals surface area contributed by atoms with E-state index in [2.05, 4.69) is 40.4 Å². The summed E-state index contributed by atoms with van der Waals surface area (Å²) in [4.78, 5) is 2.40. The molecule has 1 aliphatic heterocycles. The highest BCUT2D eigenvalue weighted by molar-refractivity contribution is 7.71. The standard InChI is InChI=1S/C14H26N4S/c1-4-6-12-7-5-9-17(10-8-12)13-15-16-14(19)18(13)11(2)3/h11-12H,4-10H2,1-3H3,(H,16,19). The molecule has 0 bridgehead atoms. The predicted octanol–water partition coefficient (Wildman–Crippen LogP) is 3.93. The Morgan fingerprint density at radius 1 is 1.37 bits per heavy atom. The minimum Gasteiger partial charge on any atom is -0.341 e. The molecule has 1 atom stereocenters. The summed E-state index contributed by atoms with van der Waals surface area (Å²) in [6, 6.07) is 0.357. The number of H-pyrrole nitrogens is 1. The minimum absolute atomic E-state index is 0.357. The van der Waals surface area contributed by atoms with E-state index in [1.165, 1.54) is 32.1 Å². The van der Waals surface area contributed by atoms with E-state index in [0.29, 0.717) is 6.04 Å². The van der Waals surface area contributed by atoms with Crippen LogP contribution in [0.15, 0.2) is 0 Å². The average Bonchev–Trinajstić information content (AvgIpc) is 2.60. The van der Waals surface area contributed by atoms with Crippen LogP contribution in [0.3, 0.4) is 0 Å². The smallest absolute Gasteiger partial charge is 0.225 e. The van der Waals surface area contributed by atoms with E-state index < -0.39 is 0 Å². The molecule has 0 radical (unpaired) electrons. The summed E-state index contributed by atoms with van der Waals surface area (Å²) < 4.78 is 2.87. The Bertz CT molecular complexity index is 449. The first-order chi connectivity index (χ1) is 9.13. The molecule has 0 saturated carbocycles. The molecule has 1 aliphatic rings. The lowest BCUT2D eigenvalue weighted by Gasteiger charge is -2.23. The van der Waals surface area contributed by atoms with E-state index in [1.54, 1.807) is 0 Å². The van der Waals surface area contributed by atoms with Gasteiger partial charge in [-0.3, -0.25) is 4.57 Å². The third-order valence-corrected chi connectivity index (χ3v) is 4.32. The number of hydrogen-bond donors (Lipinski definition) is 1. The molecule has 1 unspecified atom stereocenters. The highest BCUT2D eigenvalue weighted by atomic mass is 32.1. The van der Waals surface area contributed by atoms with Gasteiger partial charge < -0.3 is 4.90 Å². The Morgan fingerprint density at radius 3 is 2.84 bits per heavy atom. The molecule has 0 amide bonds. The molecule has 0 aromatic carbocycles. The predicted molar refractivity (Wildman–Crippen MR) is 82.3 cm³/mol. The fourth-order valence-corrected chi connectivity index (χ4v) is 3.39. The van der Waals surface area contributed by atoms with Crippen molar-refractivity contribution in [3.05, 3.63) is 4.77 Å². The molecule has 1 fully saturated rings. The summed E-state index contributed by atoms with van der Waals surface area (Å²) >= 11 is 5.34. The van der Waals surface area contributed by atoms with E-state index in [4.69, 9.17) is 12.2 Å². The Labute approximate surface area is 121 Å². The van der Waals surface area contributed by atoms with Crippen LogP contribution in [0.1, 0.15) is 58.9 Å². The fourth-order valence-electron chi connectivity index (χ4n) is 3.05. The van der Waals surface area contributed by atoms with Crippen LogP contribution >= 0.6 is 12.2 Å². The van der Waals surface area contributed by atoms with Gasteiger partial charge >= 0.3 is 0 Å². The van der Waals surface area contributed by atoms with Crippen molar-refractivity contribution in [3.8, 4) is 0 Å². The van der Waals surface area contributed by atoms with E-state index in [9.17, 15) is 0 Å².